The van der Waals surface area contributed by atoms with Crippen LogP contribution in [0.3, 0.4) is 0 Å². The molecular weight excluding hydrogens is 250 g/mol. The number of urea groups is 1. The van der Waals surface area contributed by atoms with Crippen molar-refractivity contribution in [2.75, 3.05) is 26.2 Å². The lowest BCUT2D eigenvalue weighted by molar-refractivity contribution is -0.141. The first-order valence-electron chi connectivity index (χ1n) is 6.40. The van der Waals surface area contributed by atoms with Gasteiger partial charge in [0.05, 0.1) is 11.3 Å². The molecule has 3 N–H and O–H groups in total. The number of hydrogen-bond donors (Lipinski definition) is 2. The lowest BCUT2D eigenvalue weighted by Gasteiger charge is -2.25. The maximum Gasteiger partial charge on any atom is 0.320 e. The predicted molar refractivity (Wildman–Crippen MR) is 66.2 cm³/mol. The van der Waals surface area contributed by atoms with Gasteiger partial charge in [-0.05, 0) is 19.8 Å². The molecule has 0 bridgehead atoms. The Morgan fingerprint density at radius 1 is 1.26 bits per heavy atom. The van der Waals surface area contributed by atoms with Crippen LogP contribution in [-0.2, 0) is 9.59 Å². The smallest absolute Gasteiger partial charge is 0.320 e. The van der Waals surface area contributed by atoms with Crippen molar-refractivity contribution < 1.29 is 19.5 Å². The fourth-order valence-corrected chi connectivity index (χ4v) is 2.66. The summed E-state index contributed by atoms with van der Waals surface area (Å²) in [6, 6.07) is -0.186. The Kier molecular flexibility index (Phi) is 3.38. The van der Waals surface area contributed by atoms with Crippen LogP contribution in [0.15, 0.2) is 0 Å². The van der Waals surface area contributed by atoms with Crippen LogP contribution in [0.2, 0.25) is 0 Å². The monoisotopic (exact) mass is 269 g/mol. The molecule has 106 valence electrons. The van der Waals surface area contributed by atoms with E-state index in [-0.39, 0.29) is 12.6 Å². The van der Waals surface area contributed by atoms with Crippen molar-refractivity contribution >= 4 is 17.9 Å². The molecule has 0 aromatic rings. The molecule has 0 aliphatic carbocycles. The zero-order chi connectivity index (χ0) is 14.2. The van der Waals surface area contributed by atoms with Crippen LogP contribution in [-0.4, -0.2) is 59.0 Å². The number of likely N-dealkylation sites (tertiary alicyclic amines) is 2. The summed E-state index contributed by atoms with van der Waals surface area (Å²) < 4.78 is 0. The Labute approximate surface area is 111 Å². The second kappa shape index (κ2) is 4.71. The Morgan fingerprint density at radius 3 is 2.42 bits per heavy atom. The lowest BCUT2D eigenvalue weighted by Crippen LogP contribution is -2.44. The van der Waals surface area contributed by atoms with Crippen LogP contribution >= 0.6 is 0 Å². The van der Waals surface area contributed by atoms with Crippen molar-refractivity contribution in [3.8, 4) is 0 Å². The zero-order valence-corrected chi connectivity index (χ0v) is 11.0. The van der Waals surface area contributed by atoms with Gasteiger partial charge in [-0.2, -0.15) is 0 Å². The zero-order valence-electron chi connectivity index (χ0n) is 11.0. The Hall–Kier alpha value is -1.79. The normalized spacial score (nSPS) is 30.7. The molecule has 3 amide bonds. The van der Waals surface area contributed by atoms with Gasteiger partial charge in [0.25, 0.3) is 0 Å². The van der Waals surface area contributed by atoms with E-state index in [1.54, 1.807) is 16.7 Å². The number of nitrogens with zero attached hydrogens (tertiary/aromatic N) is 2. The molecule has 0 saturated carbocycles. The van der Waals surface area contributed by atoms with Gasteiger partial charge in [-0.1, -0.05) is 0 Å². The fraction of sp³-hybridized carbons (Fsp3) is 0.750. The Morgan fingerprint density at radius 2 is 1.95 bits per heavy atom. The molecule has 2 aliphatic heterocycles. The number of carbonyl (C=O) groups is 3. The van der Waals surface area contributed by atoms with E-state index in [1.165, 1.54) is 0 Å². The third-order valence-corrected chi connectivity index (χ3v) is 4.15. The molecule has 0 radical (unpaired) electrons. The Bertz CT molecular complexity index is 425. The maximum absolute atomic E-state index is 12.2. The molecule has 2 aliphatic rings. The van der Waals surface area contributed by atoms with E-state index in [0.717, 1.165) is 0 Å². The van der Waals surface area contributed by atoms with Crippen molar-refractivity contribution in [3.05, 3.63) is 0 Å². The molecule has 0 spiro atoms. The van der Waals surface area contributed by atoms with E-state index in [9.17, 15) is 14.4 Å². The van der Waals surface area contributed by atoms with Crippen molar-refractivity contribution in [2.24, 2.45) is 17.1 Å². The van der Waals surface area contributed by atoms with Gasteiger partial charge in [-0.3, -0.25) is 9.59 Å². The van der Waals surface area contributed by atoms with Crippen molar-refractivity contribution in [3.63, 3.8) is 0 Å². The highest BCUT2D eigenvalue weighted by Crippen LogP contribution is 2.30. The molecular formula is C12H19N3O4. The minimum Gasteiger partial charge on any atom is -0.481 e. The number of nitrogens with two attached hydrogens (primary N) is 1. The minimum atomic E-state index is -0.862. The highest BCUT2D eigenvalue weighted by atomic mass is 16.4. The molecule has 7 nitrogen and oxygen atoms in total. The number of carboxylic acids is 1. The van der Waals surface area contributed by atoms with Gasteiger partial charge in [0.15, 0.2) is 0 Å². The molecule has 2 fully saturated rings. The van der Waals surface area contributed by atoms with Crippen molar-refractivity contribution in [1.82, 2.24) is 9.80 Å². The standard InChI is InChI=1S/C12H19N3O4/c1-12(10(13)18)3-5-15(7-12)11(19)14-4-2-8(6-14)9(16)17/h8H,2-7H2,1H3,(H2,13,18)(H,16,17). The number of rotatable bonds is 2. The molecule has 2 rings (SSSR count). The van der Waals surface area contributed by atoms with Crippen LogP contribution in [0, 0.1) is 11.3 Å². The average Bonchev–Trinajstić information content (AvgIpc) is 2.95. The van der Waals surface area contributed by atoms with E-state index in [4.69, 9.17) is 10.8 Å². The van der Waals surface area contributed by atoms with Crippen LogP contribution in [0.5, 0.6) is 0 Å². The molecule has 2 unspecified atom stereocenters. The molecule has 19 heavy (non-hydrogen) atoms. The summed E-state index contributed by atoms with van der Waals surface area (Å²) in [7, 11) is 0. The van der Waals surface area contributed by atoms with Gasteiger partial charge in [-0.25, -0.2) is 4.79 Å². The molecule has 0 aromatic heterocycles. The second-order valence-electron chi connectivity index (χ2n) is 5.65. The third kappa shape index (κ3) is 2.50. The van der Waals surface area contributed by atoms with Crippen molar-refractivity contribution in [1.29, 1.82) is 0 Å². The summed E-state index contributed by atoms with van der Waals surface area (Å²) >= 11 is 0. The van der Waals surface area contributed by atoms with E-state index < -0.39 is 23.2 Å². The van der Waals surface area contributed by atoms with Crippen LogP contribution in [0.25, 0.3) is 0 Å². The molecule has 7 heteroatoms. The summed E-state index contributed by atoms with van der Waals surface area (Å²) in [6.45, 7) is 3.27. The number of carboxylic acid groups (broad SMARTS) is 1. The quantitative estimate of drug-likeness (QED) is 0.718. The molecule has 2 atom stereocenters. The average molecular weight is 269 g/mol. The number of aliphatic carboxylic acids is 1. The molecule has 0 aromatic carbocycles. The SMILES string of the molecule is CC1(C(N)=O)CCN(C(=O)N2CCC(C(=O)O)C2)C1. The molecule has 2 saturated heterocycles. The summed E-state index contributed by atoms with van der Waals surface area (Å²) in [4.78, 5) is 37.6. The van der Waals surface area contributed by atoms with Gasteiger partial charge in [-0.15, -0.1) is 0 Å². The summed E-state index contributed by atoms with van der Waals surface area (Å²) in [5.41, 5.74) is 4.68. The van der Waals surface area contributed by atoms with Gasteiger partial charge in [0.1, 0.15) is 0 Å². The van der Waals surface area contributed by atoms with Crippen LogP contribution in [0.1, 0.15) is 19.8 Å². The first-order valence-corrected chi connectivity index (χ1v) is 6.40. The first kappa shape index (κ1) is 13.6. The third-order valence-electron chi connectivity index (χ3n) is 4.15. The van der Waals surface area contributed by atoms with E-state index in [1.807, 2.05) is 0 Å². The summed E-state index contributed by atoms with van der Waals surface area (Å²) in [5, 5.41) is 8.92. The number of primary amides is 1. The largest absolute Gasteiger partial charge is 0.481 e. The van der Waals surface area contributed by atoms with Gasteiger partial charge >= 0.3 is 12.0 Å². The summed E-state index contributed by atoms with van der Waals surface area (Å²) in [6.07, 6.45) is 1.05. The number of carbonyl (C=O) groups excluding carboxylic acids is 2. The Balaban J connectivity index is 1.96. The summed E-state index contributed by atoms with van der Waals surface area (Å²) in [5.74, 6) is -1.74. The van der Waals surface area contributed by atoms with Gasteiger partial charge in [0, 0.05) is 26.2 Å². The molecule has 2 heterocycles. The van der Waals surface area contributed by atoms with Crippen LogP contribution in [0.4, 0.5) is 4.79 Å². The minimum absolute atomic E-state index is 0.186. The highest BCUT2D eigenvalue weighted by Gasteiger charge is 2.43. The van der Waals surface area contributed by atoms with Gasteiger partial charge < -0.3 is 20.6 Å². The topological polar surface area (TPSA) is 104 Å². The fourth-order valence-electron chi connectivity index (χ4n) is 2.66. The maximum atomic E-state index is 12.2. The van der Waals surface area contributed by atoms with E-state index in [2.05, 4.69) is 0 Å². The number of amides is 3. The number of hydrogen-bond acceptors (Lipinski definition) is 3. The second-order valence-corrected chi connectivity index (χ2v) is 5.65. The van der Waals surface area contributed by atoms with E-state index in [0.29, 0.717) is 32.5 Å². The van der Waals surface area contributed by atoms with Crippen LogP contribution < -0.4 is 5.73 Å². The highest BCUT2D eigenvalue weighted by molar-refractivity contribution is 5.83. The first-order chi connectivity index (χ1) is 8.83. The lowest BCUT2D eigenvalue weighted by atomic mass is 9.89. The van der Waals surface area contributed by atoms with Crippen molar-refractivity contribution in [2.45, 2.75) is 19.8 Å². The van der Waals surface area contributed by atoms with Gasteiger partial charge in [0.2, 0.25) is 5.91 Å². The van der Waals surface area contributed by atoms with E-state index >= 15 is 0 Å². The predicted octanol–water partition coefficient (Wildman–Crippen LogP) is -0.290.